The van der Waals surface area contributed by atoms with Gasteiger partial charge in [-0.3, -0.25) is 14.4 Å². The zero-order valence-electron chi connectivity index (χ0n) is 24.3. The average Bonchev–Trinajstić information content (AvgIpc) is 3.08. The Bertz CT molecular complexity index is 1990. The van der Waals surface area contributed by atoms with E-state index >= 15 is 0 Å². The number of carbonyl (C=O) groups is 3. The van der Waals surface area contributed by atoms with E-state index in [0.717, 1.165) is 37.9 Å². The monoisotopic (exact) mass is 584 g/mol. The van der Waals surface area contributed by atoms with Crippen LogP contribution < -0.4 is 10.6 Å². The van der Waals surface area contributed by atoms with Crippen LogP contribution in [0.3, 0.4) is 0 Å². The molecule has 7 aromatic carbocycles. The molecule has 0 fully saturated rings. The first-order valence-corrected chi connectivity index (χ1v) is 14.8. The molecule has 0 aliphatic heterocycles. The number of carbonyl (C=O) groups excluding carboxylic acids is 3. The van der Waals surface area contributed by atoms with Gasteiger partial charge in [-0.25, -0.2) is 0 Å². The second-order valence-corrected chi connectivity index (χ2v) is 11.0. The van der Waals surface area contributed by atoms with Crippen molar-refractivity contribution in [3.8, 4) is 0 Å². The minimum absolute atomic E-state index is 0.125. The number of benzene rings is 7. The van der Waals surface area contributed by atoms with Gasteiger partial charge in [0.15, 0.2) is 5.78 Å². The zero-order valence-corrected chi connectivity index (χ0v) is 24.3. The van der Waals surface area contributed by atoms with E-state index in [4.69, 9.17) is 0 Å². The third-order valence-corrected chi connectivity index (χ3v) is 8.09. The second-order valence-electron chi connectivity index (χ2n) is 11.0. The number of rotatable bonds is 7. The lowest BCUT2D eigenvalue weighted by Crippen LogP contribution is -2.18. The molecule has 0 saturated carbocycles. The standard InChI is InChI=1S/C40H28N2O3/c43-38(25-29-16-7-13-26-10-1-4-17-33(26)29)30-22-31(39(44)41-36-20-8-14-27-11-2-5-18-34(27)36)24-32(23-30)40(45)42-37-21-9-15-28-12-3-6-19-35(28)37/h1-24H,25H2,(H,41,44)(H,42,45). The van der Waals surface area contributed by atoms with Crippen LogP contribution in [-0.2, 0) is 6.42 Å². The highest BCUT2D eigenvalue weighted by Gasteiger charge is 2.19. The van der Waals surface area contributed by atoms with Gasteiger partial charge in [0.05, 0.1) is 0 Å². The minimum Gasteiger partial charge on any atom is -0.321 e. The summed E-state index contributed by atoms with van der Waals surface area (Å²) in [4.78, 5) is 41.2. The van der Waals surface area contributed by atoms with Gasteiger partial charge in [-0.1, -0.05) is 115 Å². The highest BCUT2D eigenvalue weighted by molar-refractivity contribution is 6.14. The summed E-state index contributed by atoms with van der Waals surface area (Å²) >= 11 is 0. The van der Waals surface area contributed by atoms with Crippen LogP contribution in [0, 0.1) is 0 Å². The number of fused-ring (bicyclic) bond motifs is 3. The van der Waals surface area contributed by atoms with E-state index in [1.54, 1.807) is 12.1 Å². The fourth-order valence-electron chi connectivity index (χ4n) is 5.83. The maximum absolute atomic E-state index is 13.8. The summed E-state index contributed by atoms with van der Waals surface area (Å²) in [5.41, 5.74) is 2.89. The summed E-state index contributed by atoms with van der Waals surface area (Å²) in [7, 11) is 0. The van der Waals surface area contributed by atoms with Gasteiger partial charge < -0.3 is 10.6 Å². The smallest absolute Gasteiger partial charge is 0.255 e. The Morgan fingerprint density at radius 1 is 0.422 bits per heavy atom. The number of anilines is 2. The summed E-state index contributed by atoms with van der Waals surface area (Å²) in [6, 6.07) is 45.4. The normalized spacial score (nSPS) is 11.0. The number of hydrogen-bond acceptors (Lipinski definition) is 3. The Kier molecular flexibility index (Phi) is 7.34. The first-order valence-electron chi connectivity index (χ1n) is 14.8. The predicted molar refractivity (Wildman–Crippen MR) is 182 cm³/mol. The Balaban J connectivity index is 1.26. The van der Waals surface area contributed by atoms with Crippen molar-refractivity contribution in [3.63, 3.8) is 0 Å². The molecular formula is C40H28N2O3. The van der Waals surface area contributed by atoms with Gasteiger partial charge in [0.2, 0.25) is 0 Å². The molecule has 0 bridgehead atoms. The van der Waals surface area contributed by atoms with Gasteiger partial charge in [-0.05, 0) is 57.4 Å². The molecule has 5 nitrogen and oxygen atoms in total. The van der Waals surface area contributed by atoms with Crippen molar-refractivity contribution < 1.29 is 14.4 Å². The third-order valence-electron chi connectivity index (χ3n) is 8.09. The highest BCUT2D eigenvalue weighted by atomic mass is 16.2. The summed E-state index contributed by atoms with van der Waals surface area (Å²) in [5.74, 6) is -1.01. The van der Waals surface area contributed by atoms with E-state index < -0.39 is 11.8 Å². The van der Waals surface area contributed by atoms with Crippen LogP contribution in [0.25, 0.3) is 32.3 Å². The maximum Gasteiger partial charge on any atom is 0.255 e. The van der Waals surface area contributed by atoms with Crippen molar-refractivity contribution in [1.82, 2.24) is 0 Å². The molecule has 0 unspecified atom stereocenters. The molecule has 0 heterocycles. The predicted octanol–water partition coefficient (Wildman–Crippen LogP) is 9.08. The van der Waals surface area contributed by atoms with Crippen molar-refractivity contribution in [1.29, 1.82) is 0 Å². The van der Waals surface area contributed by atoms with Crippen LogP contribution in [-0.4, -0.2) is 17.6 Å². The van der Waals surface area contributed by atoms with Crippen LogP contribution in [0.4, 0.5) is 11.4 Å². The van der Waals surface area contributed by atoms with Crippen molar-refractivity contribution in [2.24, 2.45) is 0 Å². The number of hydrogen-bond donors (Lipinski definition) is 2. The Labute approximate surface area is 260 Å². The Morgan fingerprint density at radius 2 is 0.822 bits per heavy atom. The quantitative estimate of drug-likeness (QED) is 0.184. The molecule has 7 rings (SSSR count). The summed E-state index contributed by atoms with van der Waals surface area (Å²) in [6.45, 7) is 0. The van der Waals surface area contributed by atoms with Crippen molar-refractivity contribution >= 4 is 61.3 Å². The molecule has 0 aromatic heterocycles. The van der Waals surface area contributed by atoms with Crippen LogP contribution in [0.5, 0.6) is 0 Å². The van der Waals surface area contributed by atoms with Gasteiger partial charge in [0, 0.05) is 45.3 Å². The van der Waals surface area contributed by atoms with Crippen LogP contribution in [0.1, 0.15) is 36.6 Å². The van der Waals surface area contributed by atoms with Crippen molar-refractivity contribution in [3.05, 3.63) is 168 Å². The molecule has 5 heteroatoms. The fraction of sp³-hybridized carbons (Fsp3) is 0.0250. The van der Waals surface area contributed by atoms with E-state index in [2.05, 4.69) is 10.6 Å². The molecule has 0 saturated heterocycles. The van der Waals surface area contributed by atoms with E-state index in [1.165, 1.54) is 6.07 Å². The minimum atomic E-state index is -0.412. The topological polar surface area (TPSA) is 75.3 Å². The zero-order chi connectivity index (χ0) is 30.8. The summed E-state index contributed by atoms with van der Waals surface area (Å²) < 4.78 is 0. The van der Waals surface area contributed by atoms with Crippen LogP contribution in [0.15, 0.2) is 146 Å². The third kappa shape index (κ3) is 5.67. The molecule has 0 aliphatic carbocycles. The van der Waals surface area contributed by atoms with Gasteiger partial charge >= 0.3 is 0 Å². The molecule has 7 aromatic rings. The number of Topliss-reactive ketones (excluding diaryl/α,β-unsaturated/α-hetero) is 1. The molecule has 2 N–H and O–H groups in total. The van der Waals surface area contributed by atoms with E-state index in [0.29, 0.717) is 11.4 Å². The molecular weight excluding hydrogens is 556 g/mol. The lowest BCUT2D eigenvalue weighted by Gasteiger charge is -2.13. The lowest BCUT2D eigenvalue weighted by molar-refractivity contribution is 0.0993. The SMILES string of the molecule is O=C(Cc1cccc2ccccc12)c1cc(C(=O)Nc2cccc3ccccc23)cc(C(=O)Nc2cccc3ccccc23)c1. The van der Waals surface area contributed by atoms with Gasteiger partial charge in [0.1, 0.15) is 0 Å². The van der Waals surface area contributed by atoms with Crippen molar-refractivity contribution in [2.45, 2.75) is 6.42 Å². The van der Waals surface area contributed by atoms with E-state index in [9.17, 15) is 14.4 Å². The largest absolute Gasteiger partial charge is 0.321 e. The summed E-state index contributed by atoms with van der Waals surface area (Å²) in [6.07, 6.45) is 0.125. The van der Waals surface area contributed by atoms with E-state index in [1.807, 2.05) is 127 Å². The van der Waals surface area contributed by atoms with Gasteiger partial charge in [0.25, 0.3) is 11.8 Å². The maximum atomic E-state index is 13.8. The number of ketones is 1. The molecule has 0 atom stereocenters. The molecule has 0 aliphatic rings. The van der Waals surface area contributed by atoms with E-state index in [-0.39, 0.29) is 28.9 Å². The first kappa shape index (κ1) is 27.7. The van der Waals surface area contributed by atoms with Crippen molar-refractivity contribution in [2.75, 3.05) is 10.6 Å². The Hall–Kier alpha value is -6.07. The molecule has 45 heavy (non-hydrogen) atoms. The van der Waals surface area contributed by atoms with Crippen LogP contribution >= 0.6 is 0 Å². The van der Waals surface area contributed by atoms with Crippen LogP contribution in [0.2, 0.25) is 0 Å². The van der Waals surface area contributed by atoms with Gasteiger partial charge in [-0.2, -0.15) is 0 Å². The summed E-state index contributed by atoms with van der Waals surface area (Å²) in [5, 5.41) is 11.8. The first-order chi connectivity index (χ1) is 22.0. The second kappa shape index (κ2) is 11.9. The van der Waals surface area contributed by atoms with Gasteiger partial charge in [-0.15, -0.1) is 0 Å². The highest BCUT2D eigenvalue weighted by Crippen LogP contribution is 2.27. The number of amides is 2. The lowest BCUT2D eigenvalue weighted by atomic mass is 9.95. The molecule has 216 valence electrons. The molecule has 2 amide bonds. The molecule has 0 radical (unpaired) electrons. The Morgan fingerprint density at radius 3 is 1.36 bits per heavy atom. The number of nitrogens with one attached hydrogen (secondary N) is 2. The molecule has 0 spiro atoms. The fourth-order valence-corrected chi connectivity index (χ4v) is 5.83. The average molecular weight is 585 g/mol.